The zero-order valence-electron chi connectivity index (χ0n) is 11.1. The van der Waals surface area contributed by atoms with Gasteiger partial charge < -0.3 is 4.74 Å². The predicted octanol–water partition coefficient (Wildman–Crippen LogP) is 3.53. The van der Waals surface area contributed by atoms with Crippen LogP contribution in [-0.4, -0.2) is 23.0 Å². The zero-order chi connectivity index (χ0) is 14.7. The SMILES string of the molecule is COc1ccc(-c2nc(C(=O)Nc3nccs3)cs2)cc1. The summed E-state index contributed by atoms with van der Waals surface area (Å²) in [7, 11) is 1.62. The number of hydrogen-bond acceptors (Lipinski definition) is 6. The zero-order valence-corrected chi connectivity index (χ0v) is 12.7. The molecule has 106 valence electrons. The largest absolute Gasteiger partial charge is 0.497 e. The molecule has 0 aliphatic carbocycles. The molecule has 7 heteroatoms. The lowest BCUT2D eigenvalue weighted by atomic mass is 10.2. The molecule has 0 bridgehead atoms. The summed E-state index contributed by atoms with van der Waals surface area (Å²) in [6.07, 6.45) is 1.64. The summed E-state index contributed by atoms with van der Waals surface area (Å²) in [5.41, 5.74) is 1.34. The Kier molecular flexibility index (Phi) is 3.94. The highest BCUT2D eigenvalue weighted by Crippen LogP contribution is 2.26. The number of aromatic nitrogens is 2. The van der Waals surface area contributed by atoms with Gasteiger partial charge in [-0.05, 0) is 24.3 Å². The first kappa shape index (κ1) is 13.7. The van der Waals surface area contributed by atoms with Crippen LogP contribution < -0.4 is 10.1 Å². The van der Waals surface area contributed by atoms with Crippen molar-refractivity contribution in [1.82, 2.24) is 9.97 Å². The molecule has 0 aliphatic rings. The average Bonchev–Trinajstić information content (AvgIpc) is 3.18. The van der Waals surface area contributed by atoms with Crippen LogP contribution in [0.5, 0.6) is 5.75 Å². The maximum absolute atomic E-state index is 12.0. The van der Waals surface area contributed by atoms with Crippen LogP contribution >= 0.6 is 22.7 Å². The van der Waals surface area contributed by atoms with Crippen molar-refractivity contribution >= 4 is 33.7 Å². The fourth-order valence-corrected chi connectivity index (χ4v) is 3.02. The maximum Gasteiger partial charge on any atom is 0.276 e. The number of methoxy groups -OCH3 is 1. The van der Waals surface area contributed by atoms with Gasteiger partial charge in [-0.2, -0.15) is 0 Å². The first-order valence-corrected chi connectivity index (χ1v) is 7.83. The molecule has 0 saturated heterocycles. The molecule has 2 heterocycles. The van der Waals surface area contributed by atoms with Crippen LogP contribution in [0.4, 0.5) is 5.13 Å². The van der Waals surface area contributed by atoms with E-state index in [-0.39, 0.29) is 5.91 Å². The molecule has 1 N–H and O–H groups in total. The Balaban J connectivity index is 1.77. The van der Waals surface area contributed by atoms with E-state index < -0.39 is 0 Å². The Hall–Kier alpha value is -2.25. The summed E-state index contributed by atoms with van der Waals surface area (Å²) in [5, 5.41) is 7.62. The monoisotopic (exact) mass is 317 g/mol. The average molecular weight is 317 g/mol. The standard InChI is InChI=1S/C14H11N3O2S2/c1-19-10-4-2-9(3-5-10)13-16-11(8-21-13)12(18)17-14-15-6-7-20-14/h2-8H,1H3,(H,15,17,18). The third-order valence-corrected chi connectivity index (χ3v) is 4.31. The molecule has 0 atom stereocenters. The molecule has 0 saturated carbocycles. The third-order valence-electron chi connectivity index (χ3n) is 2.73. The molecule has 5 nitrogen and oxygen atoms in total. The minimum absolute atomic E-state index is 0.249. The Morgan fingerprint density at radius 1 is 1.24 bits per heavy atom. The second-order valence-corrected chi connectivity index (χ2v) is 5.81. The van der Waals surface area contributed by atoms with Crippen molar-refractivity contribution in [3.8, 4) is 16.3 Å². The maximum atomic E-state index is 12.0. The molecule has 1 aromatic carbocycles. The Labute approximate surface area is 129 Å². The Morgan fingerprint density at radius 3 is 2.71 bits per heavy atom. The van der Waals surface area contributed by atoms with Crippen LogP contribution in [0.25, 0.3) is 10.6 Å². The smallest absolute Gasteiger partial charge is 0.276 e. The van der Waals surface area contributed by atoms with Gasteiger partial charge in [-0.15, -0.1) is 22.7 Å². The van der Waals surface area contributed by atoms with Gasteiger partial charge in [0, 0.05) is 22.5 Å². The summed E-state index contributed by atoms with van der Waals surface area (Å²) in [5.74, 6) is 0.540. The van der Waals surface area contributed by atoms with Crippen molar-refractivity contribution in [3.63, 3.8) is 0 Å². The van der Waals surface area contributed by atoms with Gasteiger partial charge in [-0.25, -0.2) is 9.97 Å². The lowest BCUT2D eigenvalue weighted by Crippen LogP contribution is -2.11. The van der Waals surface area contributed by atoms with E-state index in [0.717, 1.165) is 16.3 Å². The number of amides is 1. The van der Waals surface area contributed by atoms with Gasteiger partial charge in [0.1, 0.15) is 16.5 Å². The van der Waals surface area contributed by atoms with E-state index in [9.17, 15) is 4.79 Å². The second kappa shape index (κ2) is 6.02. The number of hydrogen-bond donors (Lipinski definition) is 1. The molecule has 0 spiro atoms. The summed E-state index contributed by atoms with van der Waals surface area (Å²) >= 11 is 2.80. The molecule has 3 aromatic rings. The number of rotatable bonds is 4. The highest BCUT2D eigenvalue weighted by Gasteiger charge is 2.13. The number of benzene rings is 1. The van der Waals surface area contributed by atoms with Gasteiger partial charge in [-0.1, -0.05) is 0 Å². The van der Waals surface area contributed by atoms with Crippen molar-refractivity contribution in [2.75, 3.05) is 12.4 Å². The number of ether oxygens (including phenoxy) is 1. The van der Waals surface area contributed by atoms with Crippen molar-refractivity contribution < 1.29 is 9.53 Å². The van der Waals surface area contributed by atoms with Crippen LogP contribution in [-0.2, 0) is 0 Å². The van der Waals surface area contributed by atoms with Crippen LogP contribution in [0.1, 0.15) is 10.5 Å². The van der Waals surface area contributed by atoms with E-state index >= 15 is 0 Å². The Bertz CT molecular complexity index is 736. The summed E-state index contributed by atoms with van der Waals surface area (Å²) < 4.78 is 5.12. The van der Waals surface area contributed by atoms with E-state index in [1.165, 1.54) is 22.7 Å². The molecule has 2 aromatic heterocycles. The number of nitrogens with one attached hydrogen (secondary N) is 1. The van der Waals surface area contributed by atoms with Crippen LogP contribution in [0, 0.1) is 0 Å². The fraction of sp³-hybridized carbons (Fsp3) is 0.0714. The summed E-state index contributed by atoms with van der Waals surface area (Å²) in [6, 6.07) is 7.57. The van der Waals surface area contributed by atoms with Crippen LogP contribution in [0.2, 0.25) is 0 Å². The molecule has 0 fully saturated rings. The molecule has 0 radical (unpaired) electrons. The number of carbonyl (C=O) groups is 1. The molecule has 1 amide bonds. The van der Waals surface area contributed by atoms with Gasteiger partial charge >= 0.3 is 0 Å². The third kappa shape index (κ3) is 3.09. The molecule has 21 heavy (non-hydrogen) atoms. The number of nitrogens with zero attached hydrogens (tertiary/aromatic N) is 2. The quantitative estimate of drug-likeness (QED) is 0.799. The van der Waals surface area contributed by atoms with Crippen molar-refractivity contribution in [2.45, 2.75) is 0 Å². The molecule has 3 rings (SSSR count). The van der Waals surface area contributed by atoms with E-state index in [1.807, 2.05) is 24.3 Å². The number of carbonyl (C=O) groups excluding carboxylic acids is 1. The summed E-state index contributed by atoms with van der Waals surface area (Å²) in [6.45, 7) is 0. The van der Waals surface area contributed by atoms with Crippen molar-refractivity contribution in [3.05, 3.63) is 46.9 Å². The summed E-state index contributed by atoms with van der Waals surface area (Å²) in [4.78, 5) is 20.4. The fourth-order valence-electron chi connectivity index (χ4n) is 1.69. The molecular weight excluding hydrogens is 306 g/mol. The van der Waals surface area contributed by atoms with Gasteiger partial charge in [0.15, 0.2) is 5.13 Å². The van der Waals surface area contributed by atoms with Crippen LogP contribution in [0.3, 0.4) is 0 Å². The predicted molar refractivity (Wildman–Crippen MR) is 84.2 cm³/mol. The van der Waals surface area contributed by atoms with Gasteiger partial charge in [0.25, 0.3) is 5.91 Å². The topological polar surface area (TPSA) is 64.1 Å². The number of thiazole rings is 2. The van der Waals surface area contributed by atoms with Gasteiger partial charge in [0.2, 0.25) is 0 Å². The van der Waals surface area contributed by atoms with Crippen molar-refractivity contribution in [2.24, 2.45) is 0 Å². The normalized spacial score (nSPS) is 10.3. The minimum atomic E-state index is -0.249. The highest BCUT2D eigenvalue weighted by molar-refractivity contribution is 7.14. The van der Waals surface area contributed by atoms with Crippen LogP contribution in [0.15, 0.2) is 41.2 Å². The highest BCUT2D eigenvalue weighted by atomic mass is 32.1. The minimum Gasteiger partial charge on any atom is -0.497 e. The lowest BCUT2D eigenvalue weighted by molar-refractivity contribution is 0.102. The van der Waals surface area contributed by atoms with Crippen molar-refractivity contribution in [1.29, 1.82) is 0 Å². The van der Waals surface area contributed by atoms with E-state index in [2.05, 4.69) is 15.3 Å². The van der Waals surface area contributed by atoms with Gasteiger partial charge in [0.05, 0.1) is 7.11 Å². The lowest BCUT2D eigenvalue weighted by Gasteiger charge is -2.00. The number of anilines is 1. The first-order chi connectivity index (χ1) is 10.3. The second-order valence-electron chi connectivity index (χ2n) is 4.06. The first-order valence-electron chi connectivity index (χ1n) is 6.07. The van der Waals surface area contributed by atoms with Gasteiger partial charge in [-0.3, -0.25) is 10.1 Å². The van der Waals surface area contributed by atoms with E-state index in [0.29, 0.717) is 10.8 Å². The molecular formula is C14H11N3O2S2. The van der Waals surface area contributed by atoms with E-state index in [1.54, 1.807) is 24.1 Å². The molecule has 0 aliphatic heterocycles. The Morgan fingerprint density at radius 2 is 2.05 bits per heavy atom. The van der Waals surface area contributed by atoms with E-state index in [4.69, 9.17) is 4.74 Å². The molecule has 0 unspecified atom stereocenters.